The van der Waals surface area contributed by atoms with Crippen molar-refractivity contribution >= 4 is 37.8 Å². The molecule has 1 saturated carbocycles. The number of alkyl halides is 1. The first kappa shape index (κ1) is 14.1. The van der Waals surface area contributed by atoms with E-state index in [9.17, 15) is 4.79 Å². The lowest BCUT2D eigenvalue weighted by molar-refractivity contribution is -0.120. The average Bonchev–Trinajstić information content (AvgIpc) is 2.73. The van der Waals surface area contributed by atoms with E-state index in [2.05, 4.69) is 37.2 Å². The highest BCUT2D eigenvalue weighted by Gasteiger charge is 2.22. The van der Waals surface area contributed by atoms with Gasteiger partial charge in [-0.05, 0) is 42.9 Å². The maximum Gasteiger partial charge on any atom is 0.224 e. The zero-order valence-corrected chi connectivity index (χ0v) is 13.3. The van der Waals surface area contributed by atoms with Gasteiger partial charge in [0.25, 0.3) is 0 Å². The molecule has 2 rings (SSSR count). The molecule has 1 aliphatic carbocycles. The van der Waals surface area contributed by atoms with Gasteiger partial charge in [0.15, 0.2) is 0 Å². The fourth-order valence-corrected chi connectivity index (χ4v) is 3.59. The molecule has 0 heterocycles. The van der Waals surface area contributed by atoms with E-state index >= 15 is 0 Å². The number of hydrogen-bond acceptors (Lipinski definition) is 1. The van der Waals surface area contributed by atoms with E-state index in [1.165, 1.54) is 19.3 Å². The second-order valence-corrected chi connectivity index (χ2v) is 7.10. The summed E-state index contributed by atoms with van der Waals surface area (Å²) in [6.45, 7) is 0.814. The molecule has 0 spiro atoms. The molecular formula is C14H17Br2NO. The van der Waals surface area contributed by atoms with E-state index in [0.717, 1.165) is 16.6 Å². The zero-order chi connectivity index (χ0) is 13.0. The SMILES string of the molecule is O=C(Cc1cccc(Br)c1)NCC1CCC(Br)C1. The summed E-state index contributed by atoms with van der Waals surface area (Å²) >= 11 is 7.04. The second kappa shape index (κ2) is 6.71. The predicted octanol–water partition coefficient (Wildman–Crippen LogP) is 3.67. The number of hydrogen-bond donors (Lipinski definition) is 1. The minimum absolute atomic E-state index is 0.117. The van der Waals surface area contributed by atoms with Gasteiger partial charge in [-0.1, -0.05) is 44.0 Å². The van der Waals surface area contributed by atoms with Crippen LogP contribution < -0.4 is 5.32 Å². The summed E-state index contributed by atoms with van der Waals surface area (Å²) in [5.74, 6) is 0.756. The van der Waals surface area contributed by atoms with Crippen molar-refractivity contribution in [3.05, 3.63) is 34.3 Å². The average molecular weight is 375 g/mol. The lowest BCUT2D eigenvalue weighted by atomic mass is 10.1. The van der Waals surface area contributed by atoms with Crippen LogP contribution in [-0.4, -0.2) is 17.3 Å². The molecule has 2 unspecified atom stereocenters. The first-order valence-corrected chi connectivity index (χ1v) is 7.99. The van der Waals surface area contributed by atoms with Gasteiger partial charge >= 0.3 is 0 Å². The van der Waals surface area contributed by atoms with Crippen LogP contribution in [0, 0.1) is 5.92 Å². The molecule has 0 bridgehead atoms. The normalized spacial score (nSPS) is 23.0. The molecule has 0 radical (unpaired) electrons. The van der Waals surface area contributed by atoms with Crippen LogP contribution in [0.15, 0.2) is 28.7 Å². The Morgan fingerprint density at radius 1 is 1.39 bits per heavy atom. The van der Waals surface area contributed by atoms with Crippen molar-refractivity contribution in [3.8, 4) is 0 Å². The Morgan fingerprint density at radius 3 is 2.89 bits per heavy atom. The number of nitrogens with one attached hydrogen (secondary N) is 1. The Bertz CT molecular complexity index is 422. The van der Waals surface area contributed by atoms with E-state index in [4.69, 9.17) is 0 Å². The van der Waals surface area contributed by atoms with Gasteiger partial charge in [-0.15, -0.1) is 0 Å². The molecular weight excluding hydrogens is 358 g/mol. The summed E-state index contributed by atoms with van der Waals surface area (Å²) in [5.41, 5.74) is 1.05. The molecule has 1 fully saturated rings. The smallest absolute Gasteiger partial charge is 0.224 e. The lowest BCUT2D eigenvalue weighted by Gasteiger charge is -2.11. The third-order valence-electron chi connectivity index (χ3n) is 3.32. The summed E-state index contributed by atoms with van der Waals surface area (Å²) in [6, 6.07) is 7.90. The molecule has 18 heavy (non-hydrogen) atoms. The summed E-state index contributed by atoms with van der Waals surface area (Å²) in [7, 11) is 0. The molecule has 0 aromatic heterocycles. The first-order valence-electron chi connectivity index (χ1n) is 6.28. The Labute approximate surface area is 125 Å². The number of rotatable bonds is 4. The van der Waals surface area contributed by atoms with E-state index < -0.39 is 0 Å². The van der Waals surface area contributed by atoms with Crippen LogP contribution in [0.2, 0.25) is 0 Å². The number of benzene rings is 1. The Hall–Kier alpha value is -0.350. The molecule has 1 aromatic carbocycles. The Kier molecular flexibility index (Phi) is 5.25. The van der Waals surface area contributed by atoms with Gasteiger partial charge in [0.1, 0.15) is 0 Å². The van der Waals surface area contributed by atoms with Crippen molar-refractivity contribution in [1.82, 2.24) is 5.32 Å². The quantitative estimate of drug-likeness (QED) is 0.800. The number of carbonyl (C=O) groups is 1. The Balaban J connectivity index is 1.75. The summed E-state index contributed by atoms with van der Waals surface area (Å²) < 4.78 is 1.02. The van der Waals surface area contributed by atoms with Gasteiger partial charge in [0, 0.05) is 15.8 Å². The molecule has 1 aromatic rings. The third kappa shape index (κ3) is 4.39. The Morgan fingerprint density at radius 2 is 2.22 bits per heavy atom. The van der Waals surface area contributed by atoms with Gasteiger partial charge in [0.05, 0.1) is 6.42 Å². The molecule has 2 nitrogen and oxygen atoms in total. The van der Waals surface area contributed by atoms with Gasteiger partial charge in [-0.25, -0.2) is 0 Å². The first-order chi connectivity index (χ1) is 8.63. The maximum atomic E-state index is 11.8. The van der Waals surface area contributed by atoms with Crippen LogP contribution in [0.25, 0.3) is 0 Å². The number of amides is 1. The maximum absolute atomic E-state index is 11.8. The highest BCUT2D eigenvalue weighted by atomic mass is 79.9. The van der Waals surface area contributed by atoms with Crippen LogP contribution in [0.1, 0.15) is 24.8 Å². The van der Waals surface area contributed by atoms with Crippen LogP contribution in [0.5, 0.6) is 0 Å². The van der Waals surface area contributed by atoms with Gasteiger partial charge in [-0.3, -0.25) is 4.79 Å². The minimum atomic E-state index is 0.117. The predicted molar refractivity (Wildman–Crippen MR) is 80.9 cm³/mol. The molecule has 98 valence electrons. The van der Waals surface area contributed by atoms with Crippen molar-refractivity contribution < 1.29 is 4.79 Å². The minimum Gasteiger partial charge on any atom is -0.356 e. The van der Waals surface area contributed by atoms with Crippen molar-refractivity contribution in [2.45, 2.75) is 30.5 Å². The topological polar surface area (TPSA) is 29.1 Å². The van der Waals surface area contributed by atoms with Crippen LogP contribution in [0.4, 0.5) is 0 Å². The fraction of sp³-hybridized carbons (Fsp3) is 0.500. The van der Waals surface area contributed by atoms with E-state index in [1.807, 2.05) is 24.3 Å². The summed E-state index contributed by atoms with van der Waals surface area (Å²) in [4.78, 5) is 12.5. The molecule has 4 heteroatoms. The zero-order valence-electron chi connectivity index (χ0n) is 10.2. The van der Waals surface area contributed by atoms with Crippen molar-refractivity contribution in [2.24, 2.45) is 5.92 Å². The van der Waals surface area contributed by atoms with E-state index in [1.54, 1.807) is 0 Å². The molecule has 2 atom stereocenters. The molecule has 1 amide bonds. The molecule has 0 saturated heterocycles. The second-order valence-electron chi connectivity index (χ2n) is 4.89. The largest absolute Gasteiger partial charge is 0.356 e. The van der Waals surface area contributed by atoms with Crippen LogP contribution in [0.3, 0.4) is 0 Å². The van der Waals surface area contributed by atoms with Crippen molar-refractivity contribution in [2.75, 3.05) is 6.54 Å². The fourth-order valence-electron chi connectivity index (χ4n) is 2.35. The molecule has 0 aliphatic heterocycles. The van der Waals surface area contributed by atoms with Crippen molar-refractivity contribution in [1.29, 1.82) is 0 Å². The summed E-state index contributed by atoms with van der Waals surface area (Å²) in [6.07, 6.45) is 4.08. The summed E-state index contributed by atoms with van der Waals surface area (Å²) in [5, 5.41) is 3.04. The van der Waals surface area contributed by atoms with E-state index in [-0.39, 0.29) is 5.91 Å². The highest BCUT2D eigenvalue weighted by Crippen LogP contribution is 2.29. The molecule has 1 aliphatic rings. The number of halogens is 2. The van der Waals surface area contributed by atoms with Crippen LogP contribution >= 0.6 is 31.9 Å². The third-order valence-corrected chi connectivity index (χ3v) is 4.64. The lowest BCUT2D eigenvalue weighted by Crippen LogP contribution is -2.29. The number of carbonyl (C=O) groups excluding carboxylic acids is 1. The van der Waals surface area contributed by atoms with Crippen LogP contribution in [-0.2, 0) is 11.2 Å². The standard InChI is InChI=1S/C14H17Br2NO/c15-12-3-1-2-10(6-12)8-14(18)17-9-11-4-5-13(16)7-11/h1-3,6,11,13H,4-5,7-9H2,(H,17,18). The van der Waals surface area contributed by atoms with Gasteiger partial charge in [0.2, 0.25) is 5.91 Å². The van der Waals surface area contributed by atoms with E-state index in [0.29, 0.717) is 17.2 Å². The van der Waals surface area contributed by atoms with Crippen molar-refractivity contribution in [3.63, 3.8) is 0 Å². The van der Waals surface area contributed by atoms with Gasteiger partial charge < -0.3 is 5.32 Å². The highest BCUT2D eigenvalue weighted by molar-refractivity contribution is 9.10. The molecule has 1 N–H and O–H groups in total. The monoisotopic (exact) mass is 373 g/mol. The van der Waals surface area contributed by atoms with Gasteiger partial charge in [-0.2, -0.15) is 0 Å².